The lowest BCUT2D eigenvalue weighted by molar-refractivity contribution is -0.123. The number of rotatable bonds is 6. The largest absolute Gasteiger partial charge is 0.484 e. The van der Waals surface area contributed by atoms with E-state index in [1.807, 2.05) is 0 Å². The quantitative estimate of drug-likeness (QED) is 0.758. The van der Waals surface area contributed by atoms with E-state index in [4.69, 9.17) is 22.1 Å². The third-order valence-electron chi connectivity index (χ3n) is 2.89. The number of urea groups is 1. The van der Waals surface area contributed by atoms with Gasteiger partial charge in [-0.2, -0.15) is 0 Å². The maximum absolute atomic E-state index is 11.7. The van der Waals surface area contributed by atoms with E-state index in [1.165, 1.54) is 0 Å². The Morgan fingerprint density at radius 1 is 1.04 bits per heavy atom. The summed E-state index contributed by atoms with van der Waals surface area (Å²) >= 11 is 5.77. The van der Waals surface area contributed by atoms with Crippen LogP contribution in [0.5, 0.6) is 5.75 Å². The van der Waals surface area contributed by atoms with Gasteiger partial charge in [-0.25, -0.2) is 4.79 Å². The maximum Gasteiger partial charge on any atom is 0.316 e. The first-order valence-corrected chi connectivity index (χ1v) is 7.21. The number of hydrogen-bond donors (Lipinski definition) is 3. The molecule has 7 heteroatoms. The number of amides is 3. The average Bonchev–Trinajstić information content (AvgIpc) is 2.53. The molecule has 4 N–H and O–H groups in total. The summed E-state index contributed by atoms with van der Waals surface area (Å²) in [6.45, 7) is 0.280. The predicted molar refractivity (Wildman–Crippen MR) is 88.4 cm³/mol. The topological polar surface area (TPSA) is 93.5 Å². The fourth-order valence-corrected chi connectivity index (χ4v) is 1.91. The van der Waals surface area contributed by atoms with Crippen LogP contribution in [0.3, 0.4) is 0 Å². The van der Waals surface area contributed by atoms with Gasteiger partial charge >= 0.3 is 6.03 Å². The first kappa shape index (κ1) is 16.6. The number of halogens is 1. The first-order valence-electron chi connectivity index (χ1n) is 6.83. The molecule has 120 valence electrons. The molecule has 0 unspecified atom stereocenters. The molecule has 0 saturated heterocycles. The number of hydrogen-bond acceptors (Lipinski definition) is 3. The van der Waals surface area contributed by atoms with Gasteiger partial charge in [0.1, 0.15) is 5.75 Å². The minimum Gasteiger partial charge on any atom is -0.484 e. The smallest absolute Gasteiger partial charge is 0.316 e. The molecule has 2 aromatic carbocycles. The Kier molecular flexibility index (Phi) is 5.82. The Hall–Kier alpha value is -2.73. The van der Waals surface area contributed by atoms with Crippen molar-refractivity contribution in [3.8, 4) is 5.75 Å². The van der Waals surface area contributed by atoms with E-state index in [9.17, 15) is 9.59 Å². The molecule has 0 spiro atoms. The lowest BCUT2D eigenvalue weighted by atomic mass is 10.2. The fraction of sp³-hybridized carbons (Fsp3) is 0.125. The summed E-state index contributed by atoms with van der Waals surface area (Å²) in [5, 5.41) is 5.81. The minimum atomic E-state index is -0.620. The van der Waals surface area contributed by atoms with Crippen LogP contribution >= 0.6 is 11.6 Å². The summed E-state index contributed by atoms with van der Waals surface area (Å²) < 4.78 is 5.34. The van der Waals surface area contributed by atoms with E-state index in [-0.39, 0.29) is 12.5 Å². The van der Waals surface area contributed by atoms with Gasteiger partial charge in [0, 0.05) is 17.3 Å². The van der Waals surface area contributed by atoms with Crippen LogP contribution in [0.2, 0.25) is 5.02 Å². The van der Waals surface area contributed by atoms with Crippen LogP contribution in [0.1, 0.15) is 5.56 Å². The van der Waals surface area contributed by atoms with E-state index in [2.05, 4.69) is 10.6 Å². The summed E-state index contributed by atoms with van der Waals surface area (Å²) in [5.41, 5.74) is 6.51. The van der Waals surface area contributed by atoms with Crippen LogP contribution in [-0.4, -0.2) is 18.5 Å². The average molecular weight is 334 g/mol. The number of nitrogens with two attached hydrogens (primary N) is 1. The van der Waals surface area contributed by atoms with Crippen LogP contribution < -0.4 is 21.1 Å². The van der Waals surface area contributed by atoms with Crippen LogP contribution in [0, 0.1) is 0 Å². The Morgan fingerprint density at radius 3 is 2.30 bits per heavy atom. The van der Waals surface area contributed by atoms with Crippen molar-refractivity contribution in [1.29, 1.82) is 0 Å². The van der Waals surface area contributed by atoms with Crippen molar-refractivity contribution < 1.29 is 14.3 Å². The van der Waals surface area contributed by atoms with Crippen molar-refractivity contribution in [2.75, 3.05) is 11.9 Å². The summed E-state index contributed by atoms with van der Waals surface area (Å²) in [6.07, 6.45) is 0. The van der Waals surface area contributed by atoms with Gasteiger partial charge < -0.3 is 21.1 Å². The second-order valence-corrected chi connectivity index (χ2v) is 5.14. The molecule has 0 bridgehead atoms. The van der Waals surface area contributed by atoms with Gasteiger partial charge in [0.2, 0.25) is 0 Å². The van der Waals surface area contributed by atoms with Crippen molar-refractivity contribution in [3.05, 3.63) is 59.1 Å². The van der Waals surface area contributed by atoms with E-state index in [0.717, 1.165) is 5.56 Å². The highest BCUT2D eigenvalue weighted by Crippen LogP contribution is 2.15. The summed E-state index contributed by atoms with van der Waals surface area (Å²) in [6, 6.07) is 13.1. The standard InChI is InChI=1S/C16H16ClN3O3/c17-12-3-7-14(8-4-12)23-10-15(21)19-9-11-1-5-13(6-2-11)20-16(18)22/h1-8H,9-10H2,(H,19,21)(H3,18,20,22). The molecule has 0 atom stereocenters. The highest BCUT2D eigenvalue weighted by molar-refractivity contribution is 6.30. The van der Waals surface area contributed by atoms with Crippen molar-refractivity contribution in [1.82, 2.24) is 5.32 Å². The predicted octanol–water partition coefficient (Wildman–Crippen LogP) is 2.53. The Balaban J connectivity index is 1.75. The van der Waals surface area contributed by atoms with Gasteiger partial charge in [-0.3, -0.25) is 4.79 Å². The monoisotopic (exact) mass is 333 g/mol. The molecule has 0 aromatic heterocycles. The fourth-order valence-electron chi connectivity index (χ4n) is 1.78. The van der Waals surface area contributed by atoms with Gasteiger partial charge in [-0.1, -0.05) is 23.7 Å². The lowest BCUT2D eigenvalue weighted by Gasteiger charge is -2.08. The van der Waals surface area contributed by atoms with Gasteiger partial charge in [-0.15, -0.1) is 0 Å². The number of carbonyl (C=O) groups is 2. The summed E-state index contributed by atoms with van der Waals surface area (Å²) in [4.78, 5) is 22.4. The molecule has 2 aromatic rings. The number of primary amides is 1. The summed E-state index contributed by atoms with van der Waals surface area (Å²) in [7, 11) is 0. The van der Waals surface area contributed by atoms with Gasteiger partial charge in [0.25, 0.3) is 5.91 Å². The molecule has 23 heavy (non-hydrogen) atoms. The zero-order valence-corrected chi connectivity index (χ0v) is 13.0. The highest BCUT2D eigenvalue weighted by atomic mass is 35.5. The first-order chi connectivity index (χ1) is 11.0. The van der Waals surface area contributed by atoms with E-state index in [1.54, 1.807) is 48.5 Å². The zero-order chi connectivity index (χ0) is 16.7. The molecule has 0 aliphatic rings. The minimum absolute atomic E-state index is 0.0804. The van der Waals surface area contributed by atoms with E-state index in [0.29, 0.717) is 23.0 Å². The second-order valence-electron chi connectivity index (χ2n) is 4.71. The molecule has 0 aliphatic heterocycles. The zero-order valence-electron chi connectivity index (χ0n) is 12.2. The number of nitrogens with one attached hydrogen (secondary N) is 2. The molecule has 0 aliphatic carbocycles. The number of ether oxygens (including phenoxy) is 1. The molecule has 0 fully saturated rings. The molecule has 6 nitrogen and oxygen atoms in total. The third kappa shape index (κ3) is 5.88. The Bertz CT molecular complexity index is 672. The number of anilines is 1. The molecular formula is C16H16ClN3O3. The molecule has 0 heterocycles. The van der Waals surface area contributed by atoms with Crippen molar-refractivity contribution >= 4 is 29.2 Å². The molecule has 3 amide bonds. The van der Waals surface area contributed by atoms with Crippen LogP contribution in [0.4, 0.5) is 10.5 Å². The normalized spacial score (nSPS) is 9.96. The number of benzene rings is 2. The third-order valence-corrected chi connectivity index (χ3v) is 3.15. The van der Waals surface area contributed by atoms with Gasteiger partial charge in [0.05, 0.1) is 0 Å². The molecule has 2 rings (SSSR count). The SMILES string of the molecule is NC(=O)Nc1ccc(CNC(=O)COc2ccc(Cl)cc2)cc1. The Labute approximate surface area is 138 Å². The van der Waals surface area contributed by atoms with E-state index >= 15 is 0 Å². The molecule has 0 saturated carbocycles. The van der Waals surface area contributed by atoms with Crippen LogP contribution in [0.25, 0.3) is 0 Å². The van der Waals surface area contributed by atoms with Crippen LogP contribution in [0.15, 0.2) is 48.5 Å². The van der Waals surface area contributed by atoms with Crippen molar-refractivity contribution in [2.45, 2.75) is 6.54 Å². The van der Waals surface area contributed by atoms with Crippen LogP contribution in [-0.2, 0) is 11.3 Å². The van der Waals surface area contributed by atoms with Crippen molar-refractivity contribution in [3.63, 3.8) is 0 Å². The van der Waals surface area contributed by atoms with Gasteiger partial charge in [-0.05, 0) is 42.0 Å². The maximum atomic E-state index is 11.7. The lowest BCUT2D eigenvalue weighted by Crippen LogP contribution is -2.28. The number of carbonyl (C=O) groups excluding carboxylic acids is 2. The van der Waals surface area contributed by atoms with Crippen molar-refractivity contribution in [2.24, 2.45) is 5.73 Å². The van der Waals surface area contributed by atoms with E-state index < -0.39 is 6.03 Å². The second kappa shape index (κ2) is 8.05. The van der Waals surface area contributed by atoms with Gasteiger partial charge in [0.15, 0.2) is 6.61 Å². The summed E-state index contributed by atoms with van der Waals surface area (Å²) in [5.74, 6) is 0.339. The molecule has 0 radical (unpaired) electrons. The highest BCUT2D eigenvalue weighted by Gasteiger charge is 2.03. The molecular weight excluding hydrogens is 318 g/mol. The Morgan fingerprint density at radius 2 is 1.70 bits per heavy atom.